The maximum Gasteiger partial charge on any atom is 0.243 e. The van der Waals surface area contributed by atoms with Gasteiger partial charge in [0.2, 0.25) is 15.9 Å². The lowest BCUT2D eigenvalue weighted by atomic mass is 9.98. The second-order valence-corrected chi connectivity index (χ2v) is 9.42. The Hall–Kier alpha value is -2.25. The predicted molar refractivity (Wildman–Crippen MR) is 105 cm³/mol. The van der Waals surface area contributed by atoms with Gasteiger partial charge in [0.1, 0.15) is 5.82 Å². The van der Waals surface area contributed by atoms with Crippen LogP contribution in [0, 0.1) is 11.7 Å². The Morgan fingerprint density at radius 2 is 1.79 bits per heavy atom. The van der Waals surface area contributed by atoms with Crippen LogP contribution in [0.3, 0.4) is 0 Å². The van der Waals surface area contributed by atoms with Gasteiger partial charge >= 0.3 is 0 Å². The van der Waals surface area contributed by atoms with E-state index in [1.807, 2.05) is 12.1 Å². The van der Waals surface area contributed by atoms with E-state index < -0.39 is 21.8 Å². The molecule has 1 heterocycles. The third kappa shape index (κ3) is 3.82. The first-order valence-electron chi connectivity index (χ1n) is 9.62. The van der Waals surface area contributed by atoms with Gasteiger partial charge in [0.05, 0.1) is 10.8 Å². The van der Waals surface area contributed by atoms with Crippen molar-refractivity contribution in [1.29, 1.82) is 0 Å². The topological polar surface area (TPSA) is 66.5 Å². The molecule has 1 fully saturated rings. The fourth-order valence-electron chi connectivity index (χ4n) is 4.02. The van der Waals surface area contributed by atoms with E-state index in [-0.39, 0.29) is 17.3 Å². The molecule has 1 aliphatic heterocycles. The van der Waals surface area contributed by atoms with E-state index in [0.717, 1.165) is 37.1 Å². The highest BCUT2D eigenvalue weighted by atomic mass is 32.2. The molecule has 1 aliphatic carbocycles. The van der Waals surface area contributed by atoms with Gasteiger partial charge in [-0.25, -0.2) is 12.8 Å². The van der Waals surface area contributed by atoms with Gasteiger partial charge in [-0.05, 0) is 79.6 Å². The number of hydrogen-bond donors (Lipinski definition) is 1. The molecule has 2 aromatic rings. The Morgan fingerprint density at radius 1 is 1.04 bits per heavy atom. The lowest BCUT2D eigenvalue weighted by Crippen LogP contribution is -2.43. The molecule has 2 aromatic carbocycles. The Bertz CT molecular complexity index is 989. The van der Waals surface area contributed by atoms with Crippen LogP contribution in [0.4, 0.5) is 10.1 Å². The molecule has 5 nitrogen and oxygen atoms in total. The summed E-state index contributed by atoms with van der Waals surface area (Å²) in [4.78, 5) is 12.8. The third-order valence-electron chi connectivity index (χ3n) is 5.57. The number of anilines is 1. The first kappa shape index (κ1) is 19.1. The van der Waals surface area contributed by atoms with Crippen LogP contribution in [0.2, 0.25) is 0 Å². The predicted octanol–water partition coefficient (Wildman–Crippen LogP) is 3.35. The lowest BCUT2D eigenvalue weighted by molar-refractivity contribution is -0.120. The van der Waals surface area contributed by atoms with Crippen LogP contribution in [0.5, 0.6) is 0 Å². The van der Waals surface area contributed by atoms with Crippen LogP contribution < -0.4 is 5.32 Å². The Labute approximate surface area is 164 Å². The number of rotatable bonds is 4. The molecule has 0 bridgehead atoms. The molecule has 7 heteroatoms. The van der Waals surface area contributed by atoms with Crippen molar-refractivity contribution in [1.82, 2.24) is 4.31 Å². The Balaban J connectivity index is 1.45. The summed E-state index contributed by atoms with van der Waals surface area (Å²) in [6.45, 7) is 0.499. The molecule has 2 aliphatic rings. The number of aryl methyl sites for hydroxylation is 2. The first-order chi connectivity index (χ1) is 13.4. The van der Waals surface area contributed by atoms with Gasteiger partial charge in [-0.2, -0.15) is 4.31 Å². The molecule has 148 valence electrons. The molecule has 0 aromatic heterocycles. The fourth-order valence-corrected chi connectivity index (χ4v) is 5.55. The Morgan fingerprint density at radius 3 is 2.57 bits per heavy atom. The van der Waals surface area contributed by atoms with E-state index in [4.69, 9.17) is 0 Å². The monoisotopic (exact) mass is 402 g/mol. The normalized spacial score (nSPS) is 20.0. The van der Waals surface area contributed by atoms with Gasteiger partial charge in [0.25, 0.3) is 0 Å². The third-order valence-corrected chi connectivity index (χ3v) is 7.45. The van der Waals surface area contributed by atoms with Gasteiger partial charge < -0.3 is 5.32 Å². The number of benzene rings is 2. The molecular weight excluding hydrogens is 379 g/mol. The fraction of sp³-hybridized carbons (Fsp3) is 0.381. The minimum absolute atomic E-state index is 0.0496. The lowest BCUT2D eigenvalue weighted by Gasteiger charge is -2.31. The van der Waals surface area contributed by atoms with Crippen LogP contribution in [0.15, 0.2) is 47.4 Å². The van der Waals surface area contributed by atoms with Gasteiger partial charge in [-0.1, -0.05) is 6.07 Å². The molecule has 0 spiro atoms. The van der Waals surface area contributed by atoms with Gasteiger partial charge in [-0.15, -0.1) is 0 Å². The van der Waals surface area contributed by atoms with Crippen molar-refractivity contribution in [3.8, 4) is 0 Å². The van der Waals surface area contributed by atoms with Gasteiger partial charge in [0, 0.05) is 18.8 Å². The largest absolute Gasteiger partial charge is 0.326 e. The molecule has 1 atom stereocenters. The molecule has 1 saturated heterocycles. The van der Waals surface area contributed by atoms with E-state index in [0.29, 0.717) is 19.4 Å². The van der Waals surface area contributed by atoms with Crippen molar-refractivity contribution in [3.05, 3.63) is 59.4 Å². The zero-order valence-corrected chi connectivity index (χ0v) is 16.3. The Kier molecular flexibility index (Phi) is 5.21. The number of amides is 1. The molecule has 0 unspecified atom stereocenters. The quantitative estimate of drug-likeness (QED) is 0.853. The zero-order chi connectivity index (χ0) is 19.7. The average molecular weight is 402 g/mol. The smallest absolute Gasteiger partial charge is 0.243 e. The maximum atomic E-state index is 13.1. The highest BCUT2D eigenvalue weighted by molar-refractivity contribution is 7.89. The number of carbonyl (C=O) groups excluding carboxylic acids is 1. The van der Waals surface area contributed by atoms with E-state index in [2.05, 4.69) is 11.4 Å². The second-order valence-electron chi connectivity index (χ2n) is 7.48. The van der Waals surface area contributed by atoms with Crippen molar-refractivity contribution >= 4 is 21.6 Å². The van der Waals surface area contributed by atoms with Crippen molar-refractivity contribution in [2.45, 2.75) is 37.0 Å². The molecule has 28 heavy (non-hydrogen) atoms. The highest BCUT2D eigenvalue weighted by Gasteiger charge is 2.33. The molecule has 4 rings (SSSR count). The summed E-state index contributed by atoms with van der Waals surface area (Å²) in [6.07, 6.45) is 4.52. The number of carbonyl (C=O) groups is 1. The van der Waals surface area contributed by atoms with E-state index in [1.54, 1.807) is 0 Å². The summed E-state index contributed by atoms with van der Waals surface area (Å²) in [6, 6.07) is 10.8. The van der Waals surface area contributed by atoms with E-state index in [9.17, 15) is 17.6 Å². The van der Waals surface area contributed by atoms with Crippen LogP contribution in [-0.2, 0) is 27.7 Å². The first-order valence-corrected chi connectivity index (χ1v) is 11.1. The summed E-state index contributed by atoms with van der Waals surface area (Å²) in [7, 11) is -3.74. The number of halogens is 1. The van der Waals surface area contributed by atoms with Crippen molar-refractivity contribution in [2.75, 3.05) is 18.4 Å². The van der Waals surface area contributed by atoms with E-state index >= 15 is 0 Å². The number of hydrogen-bond acceptors (Lipinski definition) is 3. The van der Waals surface area contributed by atoms with Crippen LogP contribution >= 0.6 is 0 Å². The summed E-state index contributed by atoms with van der Waals surface area (Å²) < 4.78 is 40.1. The van der Waals surface area contributed by atoms with Crippen molar-refractivity contribution in [2.24, 2.45) is 5.92 Å². The van der Waals surface area contributed by atoms with Crippen LogP contribution in [0.1, 0.15) is 30.4 Å². The van der Waals surface area contributed by atoms with E-state index in [1.165, 1.54) is 27.6 Å². The highest BCUT2D eigenvalue weighted by Crippen LogP contribution is 2.27. The molecule has 0 radical (unpaired) electrons. The second kappa shape index (κ2) is 7.64. The maximum absolute atomic E-state index is 13.1. The van der Waals surface area contributed by atoms with Crippen molar-refractivity contribution in [3.63, 3.8) is 0 Å². The van der Waals surface area contributed by atoms with Gasteiger partial charge in [0.15, 0.2) is 0 Å². The number of sulfonamides is 1. The summed E-state index contributed by atoms with van der Waals surface area (Å²) in [5.41, 5.74) is 3.39. The number of piperidine rings is 1. The van der Waals surface area contributed by atoms with Crippen molar-refractivity contribution < 1.29 is 17.6 Å². The molecule has 1 amide bonds. The number of nitrogens with zero attached hydrogens (tertiary/aromatic N) is 1. The number of nitrogens with one attached hydrogen (secondary N) is 1. The SMILES string of the molecule is O=C(Nc1ccc2c(c1)CCC2)[C@H]1CCCN(S(=O)(=O)c2ccc(F)cc2)C1. The minimum Gasteiger partial charge on any atom is -0.326 e. The van der Waals surface area contributed by atoms with Gasteiger partial charge in [-0.3, -0.25) is 4.79 Å². The van der Waals surface area contributed by atoms with Crippen LogP contribution in [0.25, 0.3) is 0 Å². The zero-order valence-electron chi connectivity index (χ0n) is 15.5. The van der Waals surface area contributed by atoms with Crippen LogP contribution in [-0.4, -0.2) is 31.7 Å². The average Bonchev–Trinajstić information content (AvgIpc) is 3.16. The molecule has 0 saturated carbocycles. The molecular formula is C21H23FN2O3S. The summed E-state index contributed by atoms with van der Waals surface area (Å²) in [5.74, 6) is -1.04. The standard InChI is InChI=1S/C21H23FN2O3S/c22-18-7-10-20(11-8-18)28(26,27)24-12-2-5-17(14-24)21(25)23-19-9-6-15-3-1-4-16(15)13-19/h6-11,13,17H,1-5,12,14H2,(H,23,25)/t17-/m0/s1. The minimum atomic E-state index is -3.74. The molecule has 1 N–H and O–H groups in total. The summed E-state index contributed by atoms with van der Waals surface area (Å²) >= 11 is 0. The summed E-state index contributed by atoms with van der Waals surface area (Å²) in [5, 5.41) is 2.95. The number of fused-ring (bicyclic) bond motifs is 1.